The van der Waals surface area contributed by atoms with Gasteiger partial charge in [-0.25, -0.2) is 9.37 Å². The SMILES string of the molecule is Cc1nc(C)c(C(=O)NCCc2cccc(F)c2)s1. The van der Waals surface area contributed by atoms with Gasteiger partial charge in [0.25, 0.3) is 5.91 Å². The van der Waals surface area contributed by atoms with E-state index in [2.05, 4.69) is 10.3 Å². The molecule has 2 aromatic rings. The van der Waals surface area contributed by atoms with Gasteiger partial charge in [0.1, 0.15) is 10.7 Å². The Bertz CT molecular complexity index is 595. The summed E-state index contributed by atoms with van der Waals surface area (Å²) in [7, 11) is 0. The molecule has 0 spiro atoms. The van der Waals surface area contributed by atoms with Crippen molar-refractivity contribution in [3.63, 3.8) is 0 Å². The Morgan fingerprint density at radius 3 is 2.84 bits per heavy atom. The van der Waals surface area contributed by atoms with Gasteiger partial charge in [-0.05, 0) is 38.0 Å². The van der Waals surface area contributed by atoms with Crippen LogP contribution in [0.1, 0.15) is 25.9 Å². The quantitative estimate of drug-likeness (QED) is 0.934. The lowest BCUT2D eigenvalue weighted by Gasteiger charge is -2.04. The number of carbonyl (C=O) groups excluding carboxylic acids is 1. The number of hydrogen-bond donors (Lipinski definition) is 1. The minimum Gasteiger partial charge on any atom is -0.351 e. The van der Waals surface area contributed by atoms with Crippen LogP contribution in [-0.4, -0.2) is 17.4 Å². The number of halogens is 1. The van der Waals surface area contributed by atoms with Crippen LogP contribution in [0.5, 0.6) is 0 Å². The summed E-state index contributed by atoms with van der Waals surface area (Å²) in [6, 6.07) is 6.40. The lowest BCUT2D eigenvalue weighted by molar-refractivity contribution is 0.0957. The van der Waals surface area contributed by atoms with Crippen molar-refractivity contribution in [2.75, 3.05) is 6.54 Å². The van der Waals surface area contributed by atoms with E-state index in [1.807, 2.05) is 19.9 Å². The molecule has 0 radical (unpaired) electrons. The number of carbonyl (C=O) groups is 1. The van der Waals surface area contributed by atoms with E-state index >= 15 is 0 Å². The molecule has 2 rings (SSSR count). The summed E-state index contributed by atoms with van der Waals surface area (Å²) in [5.74, 6) is -0.364. The van der Waals surface area contributed by atoms with Crippen molar-refractivity contribution in [2.24, 2.45) is 0 Å². The van der Waals surface area contributed by atoms with Crippen molar-refractivity contribution in [1.29, 1.82) is 0 Å². The standard InChI is InChI=1S/C14H15FN2OS/c1-9-13(19-10(2)17-9)14(18)16-7-6-11-4-3-5-12(15)8-11/h3-5,8H,6-7H2,1-2H3,(H,16,18). The zero-order chi connectivity index (χ0) is 13.8. The van der Waals surface area contributed by atoms with E-state index in [1.54, 1.807) is 6.07 Å². The second-order valence-electron chi connectivity index (χ2n) is 4.28. The van der Waals surface area contributed by atoms with Crippen molar-refractivity contribution in [3.8, 4) is 0 Å². The number of nitrogens with zero attached hydrogens (tertiary/aromatic N) is 1. The Balaban J connectivity index is 1.89. The number of nitrogens with one attached hydrogen (secondary N) is 1. The van der Waals surface area contributed by atoms with Gasteiger partial charge in [-0.15, -0.1) is 11.3 Å². The Hall–Kier alpha value is -1.75. The van der Waals surface area contributed by atoms with Gasteiger partial charge in [-0.2, -0.15) is 0 Å². The number of rotatable bonds is 4. The third kappa shape index (κ3) is 3.61. The summed E-state index contributed by atoms with van der Waals surface area (Å²) in [5.41, 5.74) is 1.63. The highest BCUT2D eigenvalue weighted by Gasteiger charge is 2.12. The fourth-order valence-electron chi connectivity index (χ4n) is 1.84. The lowest BCUT2D eigenvalue weighted by Crippen LogP contribution is -2.25. The Labute approximate surface area is 115 Å². The molecule has 19 heavy (non-hydrogen) atoms. The van der Waals surface area contributed by atoms with Gasteiger partial charge in [-0.1, -0.05) is 12.1 Å². The molecule has 0 aliphatic rings. The normalized spacial score (nSPS) is 10.5. The molecule has 5 heteroatoms. The van der Waals surface area contributed by atoms with Crippen LogP contribution in [0.2, 0.25) is 0 Å². The van der Waals surface area contributed by atoms with Crippen molar-refractivity contribution in [3.05, 3.63) is 51.2 Å². The van der Waals surface area contributed by atoms with Crippen LogP contribution < -0.4 is 5.32 Å². The van der Waals surface area contributed by atoms with E-state index in [1.165, 1.54) is 23.5 Å². The number of aromatic nitrogens is 1. The van der Waals surface area contributed by atoms with E-state index in [0.717, 1.165) is 16.3 Å². The van der Waals surface area contributed by atoms with Crippen LogP contribution >= 0.6 is 11.3 Å². The Morgan fingerprint density at radius 1 is 1.42 bits per heavy atom. The average molecular weight is 278 g/mol. The van der Waals surface area contributed by atoms with Crippen molar-refractivity contribution in [2.45, 2.75) is 20.3 Å². The molecule has 0 aliphatic carbocycles. The van der Waals surface area contributed by atoms with Crippen molar-refractivity contribution in [1.82, 2.24) is 10.3 Å². The molecule has 1 aromatic heterocycles. The van der Waals surface area contributed by atoms with E-state index in [9.17, 15) is 9.18 Å². The van der Waals surface area contributed by atoms with Crippen LogP contribution in [0.15, 0.2) is 24.3 Å². The second kappa shape index (κ2) is 5.93. The van der Waals surface area contributed by atoms with E-state index in [4.69, 9.17) is 0 Å². The maximum Gasteiger partial charge on any atom is 0.263 e. The average Bonchev–Trinajstić information content (AvgIpc) is 2.68. The molecule has 3 nitrogen and oxygen atoms in total. The minimum atomic E-state index is -0.252. The number of amides is 1. The predicted molar refractivity (Wildman–Crippen MR) is 74.0 cm³/mol. The molecule has 0 aliphatic heterocycles. The topological polar surface area (TPSA) is 42.0 Å². The van der Waals surface area contributed by atoms with Gasteiger partial charge >= 0.3 is 0 Å². The maximum absolute atomic E-state index is 13.0. The molecule has 0 atom stereocenters. The molecule has 1 aromatic carbocycles. The third-order valence-electron chi connectivity index (χ3n) is 2.70. The molecular weight excluding hydrogens is 263 g/mol. The minimum absolute atomic E-state index is 0.112. The van der Waals surface area contributed by atoms with Gasteiger partial charge in [0, 0.05) is 6.54 Å². The first-order valence-electron chi connectivity index (χ1n) is 6.03. The maximum atomic E-state index is 13.0. The highest BCUT2D eigenvalue weighted by molar-refractivity contribution is 7.13. The fourth-order valence-corrected chi connectivity index (χ4v) is 2.67. The molecule has 0 saturated carbocycles. The van der Waals surface area contributed by atoms with Gasteiger partial charge < -0.3 is 5.32 Å². The Kier molecular flexibility index (Phi) is 4.27. The highest BCUT2D eigenvalue weighted by Crippen LogP contribution is 2.16. The smallest absolute Gasteiger partial charge is 0.263 e. The van der Waals surface area contributed by atoms with Gasteiger partial charge in [-0.3, -0.25) is 4.79 Å². The molecule has 0 unspecified atom stereocenters. The van der Waals surface area contributed by atoms with E-state index < -0.39 is 0 Å². The number of hydrogen-bond acceptors (Lipinski definition) is 3. The number of benzene rings is 1. The first-order valence-corrected chi connectivity index (χ1v) is 6.84. The summed E-state index contributed by atoms with van der Waals surface area (Å²) in [6.45, 7) is 4.19. The molecule has 1 heterocycles. The number of aryl methyl sites for hydroxylation is 2. The van der Waals surface area contributed by atoms with Crippen molar-refractivity contribution < 1.29 is 9.18 Å². The van der Waals surface area contributed by atoms with Crippen LogP contribution in [-0.2, 0) is 6.42 Å². The van der Waals surface area contributed by atoms with Gasteiger partial charge in [0.05, 0.1) is 10.7 Å². The third-order valence-corrected chi connectivity index (χ3v) is 3.77. The summed E-state index contributed by atoms with van der Waals surface area (Å²) in [4.78, 5) is 16.8. The molecule has 0 fully saturated rings. The summed E-state index contributed by atoms with van der Waals surface area (Å²) >= 11 is 1.39. The van der Waals surface area contributed by atoms with Crippen LogP contribution in [0, 0.1) is 19.7 Å². The molecule has 1 amide bonds. The van der Waals surface area contributed by atoms with Crippen LogP contribution in [0.4, 0.5) is 4.39 Å². The fraction of sp³-hybridized carbons (Fsp3) is 0.286. The summed E-state index contributed by atoms with van der Waals surface area (Å²) in [5, 5.41) is 3.71. The van der Waals surface area contributed by atoms with Crippen molar-refractivity contribution >= 4 is 17.2 Å². The lowest BCUT2D eigenvalue weighted by atomic mass is 10.1. The zero-order valence-electron chi connectivity index (χ0n) is 10.9. The van der Waals surface area contributed by atoms with Crippen LogP contribution in [0.3, 0.4) is 0 Å². The largest absolute Gasteiger partial charge is 0.351 e. The highest BCUT2D eigenvalue weighted by atomic mass is 32.1. The van der Waals surface area contributed by atoms with E-state index in [-0.39, 0.29) is 11.7 Å². The van der Waals surface area contributed by atoms with E-state index in [0.29, 0.717) is 17.8 Å². The monoisotopic (exact) mass is 278 g/mol. The van der Waals surface area contributed by atoms with Gasteiger partial charge in [0.2, 0.25) is 0 Å². The Morgan fingerprint density at radius 2 is 2.21 bits per heavy atom. The molecule has 100 valence electrons. The first kappa shape index (κ1) is 13.7. The number of thiazole rings is 1. The first-order chi connectivity index (χ1) is 9.06. The molecule has 1 N–H and O–H groups in total. The molecule has 0 saturated heterocycles. The molecular formula is C14H15FN2OS. The summed E-state index contributed by atoms with van der Waals surface area (Å²) in [6.07, 6.45) is 0.611. The van der Waals surface area contributed by atoms with Crippen LogP contribution in [0.25, 0.3) is 0 Å². The molecule has 0 bridgehead atoms. The zero-order valence-corrected chi connectivity index (χ0v) is 11.7. The van der Waals surface area contributed by atoms with Gasteiger partial charge in [0.15, 0.2) is 0 Å². The second-order valence-corrected chi connectivity index (χ2v) is 5.49. The predicted octanol–water partition coefficient (Wildman–Crippen LogP) is 2.87. The summed E-state index contributed by atoms with van der Waals surface area (Å²) < 4.78 is 13.0.